The number of carboxylic acids is 1. The summed E-state index contributed by atoms with van der Waals surface area (Å²) in [5, 5.41) is 14.0. The van der Waals surface area contributed by atoms with Crippen molar-refractivity contribution in [2.75, 3.05) is 0 Å². The van der Waals surface area contributed by atoms with E-state index in [9.17, 15) is 17.6 Å². The number of H-pyrrole nitrogens is 1. The number of hydrogen-bond donors (Lipinski definition) is 3. The number of rotatable bonds is 5. The molecule has 2 rings (SSSR count). The van der Waals surface area contributed by atoms with Gasteiger partial charge in [0.05, 0.1) is 6.20 Å². The van der Waals surface area contributed by atoms with Gasteiger partial charge in [0, 0.05) is 6.04 Å². The van der Waals surface area contributed by atoms with Gasteiger partial charge in [-0.2, -0.15) is 5.10 Å². The van der Waals surface area contributed by atoms with Crippen molar-refractivity contribution in [1.82, 2.24) is 14.9 Å². The van der Waals surface area contributed by atoms with E-state index >= 15 is 0 Å². The summed E-state index contributed by atoms with van der Waals surface area (Å²) < 4.78 is 39.4. The largest absolute Gasteiger partial charge is 0.478 e. The van der Waals surface area contributed by atoms with Crippen molar-refractivity contribution < 1.29 is 22.7 Å². The second-order valence-electron chi connectivity index (χ2n) is 4.31. The van der Waals surface area contributed by atoms with Gasteiger partial charge in [-0.1, -0.05) is 12.1 Å². The number of halogens is 1. The van der Waals surface area contributed by atoms with Crippen LogP contribution in [-0.2, 0) is 10.0 Å². The third-order valence-electron chi connectivity index (χ3n) is 2.81. The van der Waals surface area contributed by atoms with Crippen LogP contribution in [0.4, 0.5) is 4.39 Å². The van der Waals surface area contributed by atoms with Gasteiger partial charge in [0.1, 0.15) is 11.4 Å². The SMILES string of the molecule is CC(NS(=O)(=O)c1[nH]ncc1C(=O)O)c1ccc(F)cc1. The number of nitrogens with one attached hydrogen (secondary N) is 2. The van der Waals surface area contributed by atoms with Crippen molar-refractivity contribution in [3.63, 3.8) is 0 Å². The summed E-state index contributed by atoms with van der Waals surface area (Å²) >= 11 is 0. The van der Waals surface area contributed by atoms with Crippen molar-refractivity contribution in [2.24, 2.45) is 0 Å². The molecule has 0 spiro atoms. The third-order valence-corrected chi connectivity index (χ3v) is 4.32. The molecule has 1 heterocycles. The van der Waals surface area contributed by atoms with Crippen LogP contribution in [0.25, 0.3) is 0 Å². The van der Waals surface area contributed by atoms with E-state index in [1.54, 1.807) is 6.92 Å². The highest BCUT2D eigenvalue weighted by atomic mass is 32.2. The average molecular weight is 313 g/mol. The molecule has 0 fully saturated rings. The summed E-state index contributed by atoms with van der Waals surface area (Å²) in [6.07, 6.45) is 0.916. The Bertz CT molecular complexity index is 755. The number of hydrogen-bond acceptors (Lipinski definition) is 4. The van der Waals surface area contributed by atoms with Crippen molar-refractivity contribution in [3.05, 3.63) is 47.4 Å². The maximum Gasteiger partial charge on any atom is 0.340 e. The van der Waals surface area contributed by atoms with E-state index in [2.05, 4.69) is 14.9 Å². The summed E-state index contributed by atoms with van der Waals surface area (Å²) in [5.41, 5.74) is 0.0881. The normalized spacial score (nSPS) is 13.0. The highest BCUT2D eigenvalue weighted by molar-refractivity contribution is 7.89. The van der Waals surface area contributed by atoms with E-state index in [4.69, 9.17) is 5.11 Å². The summed E-state index contributed by atoms with van der Waals surface area (Å²) in [4.78, 5) is 10.9. The van der Waals surface area contributed by atoms with Gasteiger partial charge >= 0.3 is 5.97 Å². The predicted molar refractivity (Wildman–Crippen MR) is 70.7 cm³/mol. The molecule has 0 saturated carbocycles. The summed E-state index contributed by atoms with van der Waals surface area (Å²) in [5.74, 6) is -1.84. The Morgan fingerprint density at radius 1 is 1.38 bits per heavy atom. The van der Waals surface area contributed by atoms with Crippen LogP contribution < -0.4 is 4.72 Å². The fourth-order valence-corrected chi connectivity index (χ4v) is 3.06. The Morgan fingerprint density at radius 3 is 2.57 bits per heavy atom. The van der Waals surface area contributed by atoms with Crippen molar-refractivity contribution >= 4 is 16.0 Å². The van der Waals surface area contributed by atoms with Crippen LogP contribution >= 0.6 is 0 Å². The Labute approximate surface area is 119 Å². The van der Waals surface area contributed by atoms with Gasteiger partial charge in [-0.3, -0.25) is 5.10 Å². The zero-order chi connectivity index (χ0) is 15.6. The lowest BCUT2D eigenvalue weighted by Gasteiger charge is -2.14. The minimum absolute atomic E-state index is 0.435. The first-order valence-corrected chi connectivity index (χ1v) is 7.34. The lowest BCUT2D eigenvalue weighted by Crippen LogP contribution is -2.28. The molecule has 1 unspecified atom stereocenters. The average Bonchev–Trinajstić information content (AvgIpc) is 2.89. The van der Waals surface area contributed by atoms with Gasteiger partial charge in [0.2, 0.25) is 0 Å². The quantitative estimate of drug-likeness (QED) is 0.770. The fraction of sp³-hybridized carbons (Fsp3) is 0.167. The number of aromatic amines is 1. The van der Waals surface area contributed by atoms with E-state index in [1.807, 2.05) is 0 Å². The lowest BCUT2D eigenvalue weighted by atomic mass is 10.1. The highest BCUT2D eigenvalue weighted by Gasteiger charge is 2.26. The molecule has 0 saturated heterocycles. The summed E-state index contributed by atoms with van der Waals surface area (Å²) in [6.45, 7) is 1.56. The molecule has 0 bridgehead atoms. The second-order valence-corrected chi connectivity index (χ2v) is 5.96. The van der Waals surface area contributed by atoms with Gasteiger partial charge in [0.15, 0.2) is 5.03 Å². The molecular formula is C12H12FN3O4S. The number of carboxylic acid groups (broad SMARTS) is 1. The molecule has 2 aromatic rings. The number of nitrogens with zero attached hydrogens (tertiary/aromatic N) is 1. The number of aromatic nitrogens is 2. The highest BCUT2D eigenvalue weighted by Crippen LogP contribution is 2.18. The zero-order valence-electron chi connectivity index (χ0n) is 10.9. The lowest BCUT2D eigenvalue weighted by molar-refractivity contribution is 0.0692. The molecule has 0 aliphatic carbocycles. The van der Waals surface area contributed by atoms with E-state index in [-0.39, 0.29) is 0 Å². The van der Waals surface area contributed by atoms with Gasteiger partial charge in [0.25, 0.3) is 10.0 Å². The molecule has 0 aliphatic rings. The van der Waals surface area contributed by atoms with Crippen LogP contribution in [-0.4, -0.2) is 29.7 Å². The molecule has 1 atom stereocenters. The maximum absolute atomic E-state index is 12.8. The first-order chi connectivity index (χ1) is 9.81. The fourth-order valence-electron chi connectivity index (χ4n) is 1.74. The van der Waals surface area contributed by atoms with Gasteiger partial charge in [-0.05, 0) is 24.6 Å². The Balaban J connectivity index is 2.27. The standard InChI is InChI=1S/C12H12FN3O4S/c1-7(8-2-4-9(13)5-3-8)16-21(19,20)11-10(12(17)18)6-14-15-11/h2-7,16H,1H3,(H,14,15)(H,17,18). The van der Waals surface area contributed by atoms with E-state index in [0.717, 1.165) is 6.20 Å². The topological polar surface area (TPSA) is 112 Å². The van der Waals surface area contributed by atoms with Crippen molar-refractivity contribution in [2.45, 2.75) is 18.0 Å². The molecule has 0 radical (unpaired) electrons. The second kappa shape index (κ2) is 5.62. The van der Waals surface area contributed by atoms with E-state index in [1.165, 1.54) is 24.3 Å². The minimum Gasteiger partial charge on any atom is -0.478 e. The van der Waals surface area contributed by atoms with E-state index < -0.39 is 38.4 Å². The molecule has 9 heteroatoms. The van der Waals surface area contributed by atoms with Crippen molar-refractivity contribution in [1.29, 1.82) is 0 Å². The number of sulfonamides is 1. The van der Waals surface area contributed by atoms with Crippen LogP contribution in [0.1, 0.15) is 28.9 Å². The molecule has 3 N–H and O–H groups in total. The van der Waals surface area contributed by atoms with Crippen LogP contribution in [0.2, 0.25) is 0 Å². The Hall–Kier alpha value is -2.26. The van der Waals surface area contributed by atoms with Crippen LogP contribution in [0.15, 0.2) is 35.5 Å². The van der Waals surface area contributed by atoms with Crippen LogP contribution in [0.5, 0.6) is 0 Å². The van der Waals surface area contributed by atoms with Gasteiger partial charge in [-0.25, -0.2) is 22.3 Å². The third kappa shape index (κ3) is 3.26. The van der Waals surface area contributed by atoms with Crippen LogP contribution in [0.3, 0.4) is 0 Å². The summed E-state index contributed by atoms with van der Waals surface area (Å²) in [6, 6.07) is 4.62. The number of benzene rings is 1. The molecule has 7 nitrogen and oxygen atoms in total. The van der Waals surface area contributed by atoms with Crippen LogP contribution in [0, 0.1) is 5.82 Å². The number of aromatic carboxylic acids is 1. The molecular weight excluding hydrogens is 301 g/mol. The molecule has 112 valence electrons. The molecule has 1 aromatic heterocycles. The van der Waals surface area contributed by atoms with Crippen molar-refractivity contribution in [3.8, 4) is 0 Å². The number of carbonyl (C=O) groups is 1. The minimum atomic E-state index is -4.09. The zero-order valence-corrected chi connectivity index (χ0v) is 11.7. The molecule has 21 heavy (non-hydrogen) atoms. The Kier molecular flexibility index (Phi) is 4.05. The molecule has 0 amide bonds. The molecule has 0 aliphatic heterocycles. The smallest absolute Gasteiger partial charge is 0.340 e. The monoisotopic (exact) mass is 313 g/mol. The maximum atomic E-state index is 12.8. The van der Waals surface area contributed by atoms with E-state index in [0.29, 0.717) is 5.56 Å². The predicted octanol–water partition coefficient (Wildman–Crippen LogP) is 1.29. The first-order valence-electron chi connectivity index (χ1n) is 5.85. The van der Waals surface area contributed by atoms with Gasteiger partial charge < -0.3 is 5.11 Å². The molecule has 1 aromatic carbocycles. The van der Waals surface area contributed by atoms with Gasteiger partial charge in [-0.15, -0.1) is 0 Å². The first kappa shape index (κ1) is 15.1. The Morgan fingerprint density at radius 2 is 2.00 bits per heavy atom. The summed E-state index contributed by atoms with van der Waals surface area (Å²) in [7, 11) is -4.09.